The molecule has 2 nitrogen and oxygen atoms in total. The lowest BCUT2D eigenvalue weighted by Gasteiger charge is -2.21. The summed E-state index contributed by atoms with van der Waals surface area (Å²) in [7, 11) is 0.974. The van der Waals surface area contributed by atoms with Crippen molar-refractivity contribution < 1.29 is 4.74 Å². The van der Waals surface area contributed by atoms with E-state index in [0.717, 1.165) is 38.9 Å². The van der Waals surface area contributed by atoms with Crippen molar-refractivity contribution in [2.24, 2.45) is 4.99 Å². The highest BCUT2D eigenvalue weighted by molar-refractivity contribution is 7.80. The number of nitrogens with zero attached hydrogens (tertiary/aromatic N) is 1. The smallest absolute Gasteiger partial charge is 0.127 e. The monoisotopic (exact) mass is 571 g/mol. The van der Waals surface area contributed by atoms with Crippen molar-refractivity contribution in [2.45, 2.75) is 0 Å². The first-order valence-electron chi connectivity index (χ1n) is 14.4. The summed E-state index contributed by atoms with van der Waals surface area (Å²) in [5.41, 5.74) is 4.17. The van der Waals surface area contributed by atoms with E-state index in [1.54, 1.807) is 7.11 Å². The molecule has 0 unspecified atom stereocenters. The zero-order valence-electron chi connectivity index (χ0n) is 23.9. The van der Waals surface area contributed by atoms with Crippen molar-refractivity contribution in [3.63, 3.8) is 0 Å². The summed E-state index contributed by atoms with van der Waals surface area (Å²) in [5, 5.41) is 8.55. The van der Waals surface area contributed by atoms with Crippen molar-refractivity contribution in [1.29, 1.82) is 0 Å². The Hall–Kier alpha value is -5.04. The zero-order valence-corrected chi connectivity index (χ0v) is 24.8. The quantitative estimate of drug-likeness (QED) is 0.138. The van der Waals surface area contributed by atoms with Crippen LogP contribution < -0.4 is 20.7 Å². The van der Waals surface area contributed by atoms with E-state index in [9.17, 15) is 0 Å². The summed E-state index contributed by atoms with van der Waals surface area (Å²) < 4.78 is 5.97. The van der Waals surface area contributed by atoms with Crippen LogP contribution in [-0.2, 0) is 0 Å². The second-order valence-corrected chi connectivity index (χ2v) is 12.6. The SMILES string of the molecule is COc1ccc2ccccc2c1-c1c(N=Cc2ccccc2P(c2ccccc2)c2ccccc2)ccc2ccccc12. The van der Waals surface area contributed by atoms with Gasteiger partial charge in [0.2, 0.25) is 0 Å². The molecule has 206 valence electrons. The van der Waals surface area contributed by atoms with Crippen molar-refractivity contribution in [3.05, 3.63) is 163 Å². The molecule has 7 aromatic carbocycles. The fourth-order valence-corrected chi connectivity index (χ4v) is 8.25. The predicted molar refractivity (Wildman–Crippen MR) is 186 cm³/mol. The molecule has 0 spiro atoms. The van der Waals surface area contributed by atoms with Crippen LogP contribution in [0.25, 0.3) is 32.7 Å². The van der Waals surface area contributed by atoms with Gasteiger partial charge in [-0.25, -0.2) is 0 Å². The Bertz CT molecular complexity index is 2030. The number of rotatable bonds is 7. The lowest BCUT2D eigenvalue weighted by molar-refractivity contribution is 0.417. The van der Waals surface area contributed by atoms with Gasteiger partial charge < -0.3 is 4.74 Å². The van der Waals surface area contributed by atoms with Crippen LogP contribution in [0.5, 0.6) is 5.75 Å². The van der Waals surface area contributed by atoms with E-state index < -0.39 is 7.92 Å². The van der Waals surface area contributed by atoms with Gasteiger partial charge >= 0.3 is 0 Å². The van der Waals surface area contributed by atoms with Gasteiger partial charge in [-0.2, -0.15) is 0 Å². The van der Waals surface area contributed by atoms with Gasteiger partial charge in [0.25, 0.3) is 0 Å². The normalized spacial score (nSPS) is 11.5. The van der Waals surface area contributed by atoms with E-state index in [-0.39, 0.29) is 0 Å². The highest BCUT2D eigenvalue weighted by Gasteiger charge is 2.20. The molecular formula is C40H30NOP. The lowest BCUT2D eigenvalue weighted by Crippen LogP contribution is -2.23. The average molecular weight is 572 g/mol. The minimum absolute atomic E-state index is 0.770. The molecule has 0 amide bonds. The minimum atomic E-state index is -0.770. The third kappa shape index (κ3) is 5.23. The Labute approximate surface area is 253 Å². The molecule has 0 aliphatic heterocycles. The largest absolute Gasteiger partial charge is 0.496 e. The molecule has 43 heavy (non-hydrogen) atoms. The van der Waals surface area contributed by atoms with Crippen LogP contribution in [-0.4, -0.2) is 13.3 Å². The minimum Gasteiger partial charge on any atom is -0.496 e. The predicted octanol–water partition coefficient (Wildman–Crippen LogP) is 9.18. The Morgan fingerprint density at radius 2 is 1.05 bits per heavy atom. The summed E-state index contributed by atoms with van der Waals surface area (Å²) in [4.78, 5) is 5.25. The molecule has 0 N–H and O–H groups in total. The number of hydrogen-bond acceptors (Lipinski definition) is 2. The summed E-state index contributed by atoms with van der Waals surface area (Å²) in [5.74, 6) is 0.837. The third-order valence-corrected chi connectivity index (χ3v) is 10.3. The van der Waals surface area contributed by atoms with E-state index in [4.69, 9.17) is 9.73 Å². The zero-order chi connectivity index (χ0) is 29.0. The highest BCUT2D eigenvalue weighted by atomic mass is 31.1. The molecule has 3 heteroatoms. The van der Waals surface area contributed by atoms with Crippen LogP contribution in [0.15, 0.2) is 163 Å². The molecule has 0 aliphatic carbocycles. The van der Waals surface area contributed by atoms with Crippen molar-refractivity contribution in [3.8, 4) is 16.9 Å². The lowest BCUT2D eigenvalue weighted by atomic mass is 9.91. The summed E-state index contributed by atoms with van der Waals surface area (Å²) in [6, 6.07) is 55.8. The second-order valence-electron chi connectivity index (χ2n) is 10.4. The number of benzene rings is 7. The van der Waals surface area contributed by atoms with Gasteiger partial charge in [-0.1, -0.05) is 146 Å². The molecule has 0 saturated carbocycles. The number of ether oxygens (including phenoxy) is 1. The molecule has 0 fully saturated rings. The Morgan fingerprint density at radius 1 is 0.512 bits per heavy atom. The second kappa shape index (κ2) is 12.1. The van der Waals surface area contributed by atoms with Crippen LogP contribution in [0.2, 0.25) is 0 Å². The van der Waals surface area contributed by atoms with Gasteiger partial charge in [0.15, 0.2) is 0 Å². The van der Waals surface area contributed by atoms with Crippen LogP contribution in [0.3, 0.4) is 0 Å². The van der Waals surface area contributed by atoms with Crippen LogP contribution in [0.1, 0.15) is 5.56 Å². The molecule has 0 heterocycles. The Balaban J connectivity index is 1.43. The van der Waals surface area contributed by atoms with Crippen molar-refractivity contribution in [1.82, 2.24) is 0 Å². The van der Waals surface area contributed by atoms with E-state index in [1.807, 2.05) is 6.21 Å². The first kappa shape index (κ1) is 26.8. The average Bonchev–Trinajstić information content (AvgIpc) is 3.08. The standard InChI is InChI=1S/C40H30NOP/c1-42-37-27-25-30-15-9-12-22-35(30)40(37)39-34-21-11-8-14-29(34)24-26-36(39)41-28-31-16-10-13-23-38(31)43(32-17-4-2-5-18-32)33-19-6-3-7-20-33/h2-28H,1H3. The van der Waals surface area contributed by atoms with Crippen LogP contribution >= 0.6 is 7.92 Å². The molecule has 7 rings (SSSR count). The first-order valence-corrected chi connectivity index (χ1v) is 15.8. The van der Waals surface area contributed by atoms with E-state index in [2.05, 4.69) is 158 Å². The topological polar surface area (TPSA) is 21.6 Å². The summed E-state index contributed by atoms with van der Waals surface area (Å²) in [6.45, 7) is 0. The van der Waals surface area contributed by atoms with Crippen LogP contribution in [0, 0.1) is 0 Å². The molecule has 0 atom stereocenters. The molecule has 0 aliphatic rings. The number of methoxy groups -OCH3 is 1. The highest BCUT2D eigenvalue weighted by Crippen LogP contribution is 2.45. The van der Waals surface area contributed by atoms with Crippen molar-refractivity contribution in [2.75, 3.05) is 7.11 Å². The number of fused-ring (bicyclic) bond motifs is 2. The molecule has 0 radical (unpaired) electrons. The fourth-order valence-electron chi connectivity index (χ4n) is 5.83. The maximum atomic E-state index is 5.97. The van der Waals surface area contributed by atoms with Gasteiger partial charge in [-0.3, -0.25) is 4.99 Å². The van der Waals surface area contributed by atoms with Crippen LogP contribution in [0.4, 0.5) is 5.69 Å². The summed E-state index contributed by atoms with van der Waals surface area (Å²) >= 11 is 0. The van der Waals surface area contributed by atoms with Gasteiger partial charge in [0, 0.05) is 22.9 Å². The Morgan fingerprint density at radius 3 is 1.70 bits per heavy atom. The maximum Gasteiger partial charge on any atom is 0.127 e. The van der Waals surface area contributed by atoms with Crippen molar-refractivity contribution >= 4 is 57.3 Å². The van der Waals surface area contributed by atoms with E-state index >= 15 is 0 Å². The number of hydrogen-bond donors (Lipinski definition) is 0. The Kier molecular flexibility index (Phi) is 7.52. The maximum absolute atomic E-state index is 5.97. The molecule has 0 saturated heterocycles. The molecule has 7 aromatic rings. The van der Waals surface area contributed by atoms with Gasteiger partial charge in [-0.05, 0) is 57.5 Å². The van der Waals surface area contributed by atoms with Gasteiger partial charge in [0.1, 0.15) is 5.75 Å². The van der Waals surface area contributed by atoms with E-state index in [1.165, 1.54) is 26.7 Å². The summed E-state index contributed by atoms with van der Waals surface area (Å²) in [6.07, 6.45) is 2.04. The molecule has 0 aromatic heterocycles. The third-order valence-electron chi connectivity index (χ3n) is 7.82. The van der Waals surface area contributed by atoms with Gasteiger partial charge in [0.05, 0.1) is 12.8 Å². The molecule has 0 bridgehead atoms. The van der Waals surface area contributed by atoms with E-state index in [0.29, 0.717) is 0 Å². The fraction of sp³-hybridized carbons (Fsp3) is 0.0250. The first-order chi connectivity index (χ1) is 21.3. The molecular weight excluding hydrogens is 541 g/mol. The number of aliphatic imine (C=N–C) groups is 1. The van der Waals surface area contributed by atoms with Gasteiger partial charge in [-0.15, -0.1) is 0 Å².